The summed E-state index contributed by atoms with van der Waals surface area (Å²) in [5.74, 6) is 0.604. The summed E-state index contributed by atoms with van der Waals surface area (Å²) in [6.07, 6.45) is 11.2. The van der Waals surface area contributed by atoms with Gasteiger partial charge in [0.2, 0.25) is 5.91 Å². The number of carbonyl (C=O) groups excluding carboxylic acids is 1. The Morgan fingerprint density at radius 2 is 1.92 bits per heavy atom. The van der Waals surface area contributed by atoms with Gasteiger partial charge in [-0.3, -0.25) is 4.79 Å². The summed E-state index contributed by atoms with van der Waals surface area (Å²) in [5.41, 5.74) is 2.64. The summed E-state index contributed by atoms with van der Waals surface area (Å²) >= 11 is 6.65. The lowest BCUT2D eigenvalue weighted by molar-refractivity contribution is -0.121. The number of carbonyl (C=O) groups is 1. The van der Waals surface area contributed by atoms with E-state index in [2.05, 4.69) is 36.5 Å². The van der Waals surface area contributed by atoms with Gasteiger partial charge < -0.3 is 5.32 Å². The van der Waals surface area contributed by atoms with Gasteiger partial charge in [0, 0.05) is 13.0 Å². The van der Waals surface area contributed by atoms with Crippen molar-refractivity contribution in [2.45, 2.75) is 76.5 Å². The van der Waals surface area contributed by atoms with E-state index in [1.54, 1.807) is 0 Å². The number of aryl methyl sites for hydroxylation is 1. The van der Waals surface area contributed by atoms with Crippen LogP contribution in [0.5, 0.6) is 0 Å². The van der Waals surface area contributed by atoms with E-state index in [-0.39, 0.29) is 11.3 Å². The zero-order valence-corrected chi connectivity index (χ0v) is 15.8. The second-order valence-corrected chi connectivity index (χ2v) is 7.53. The number of hydrogen-bond donors (Lipinski definition) is 1. The molecular weight excluding hydrogens is 318 g/mol. The van der Waals surface area contributed by atoms with Gasteiger partial charge in [-0.2, -0.15) is 0 Å². The van der Waals surface area contributed by atoms with E-state index >= 15 is 0 Å². The van der Waals surface area contributed by atoms with Gasteiger partial charge in [-0.15, -0.1) is 11.6 Å². The third kappa shape index (κ3) is 6.12. The molecule has 1 N–H and O–H groups in total. The highest BCUT2D eigenvalue weighted by Crippen LogP contribution is 2.41. The summed E-state index contributed by atoms with van der Waals surface area (Å²) < 4.78 is 0. The van der Waals surface area contributed by atoms with Crippen molar-refractivity contribution < 1.29 is 4.79 Å². The average Bonchev–Trinajstić information content (AvgIpc) is 2.60. The molecule has 2 nitrogen and oxygen atoms in total. The second kappa shape index (κ2) is 10.8. The van der Waals surface area contributed by atoms with E-state index in [1.807, 2.05) is 0 Å². The van der Waals surface area contributed by atoms with Crippen LogP contribution in [0.15, 0.2) is 24.3 Å². The summed E-state index contributed by atoms with van der Waals surface area (Å²) in [7, 11) is 0. The van der Waals surface area contributed by atoms with Crippen LogP contribution >= 0.6 is 11.6 Å². The first-order chi connectivity index (χ1) is 11.7. The van der Waals surface area contributed by atoms with Crippen molar-refractivity contribution in [2.24, 2.45) is 5.92 Å². The molecule has 0 fully saturated rings. The number of unbranched alkanes of at least 4 members (excludes halogenated alkanes) is 5. The minimum Gasteiger partial charge on any atom is -0.356 e. The fraction of sp³-hybridized carbons (Fsp3) is 0.667. The lowest BCUT2D eigenvalue weighted by atomic mass is 9.81. The molecule has 1 aliphatic carbocycles. The molecule has 3 heteroatoms. The molecule has 2 rings (SSSR count). The number of nitrogens with one attached hydrogen (secondary N) is 1. The van der Waals surface area contributed by atoms with E-state index in [9.17, 15) is 4.79 Å². The van der Waals surface area contributed by atoms with E-state index in [4.69, 9.17) is 11.6 Å². The van der Waals surface area contributed by atoms with E-state index < -0.39 is 0 Å². The van der Waals surface area contributed by atoms with Gasteiger partial charge in [0.25, 0.3) is 0 Å². The molecule has 1 aromatic carbocycles. The van der Waals surface area contributed by atoms with Gasteiger partial charge in [-0.25, -0.2) is 0 Å². The maximum Gasteiger partial charge on any atom is 0.220 e. The number of benzene rings is 1. The van der Waals surface area contributed by atoms with E-state index in [0.29, 0.717) is 12.3 Å². The lowest BCUT2D eigenvalue weighted by Crippen LogP contribution is -2.26. The van der Waals surface area contributed by atoms with Gasteiger partial charge in [0.1, 0.15) is 0 Å². The Morgan fingerprint density at radius 3 is 2.75 bits per heavy atom. The van der Waals surface area contributed by atoms with Gasteiger partial charge >= 0.3 is 0 Å². The van der Waals surface area contributed by atoms with Crippen LogP contribution in [0.1, 0.15) is 81.2 Å². The lowest BCUT2D eigenvalue weighted by Gasteiger charge is -2.29. The van der Waals surface area contributed by atoms with Crippen LogP contribution in [0.2, 0.25) is 0 Å². The Balaban J connectivity index is 1.61. The Bertz CT molecular complexity index is 502. The van der Waals surface area contributed by atoms with Crippen LogP contribution < -0.4 is 5.32 Å². The first-order valence-corrected chi connectivity index (χ1v) is 10.1. The number of alkyl halides is 1. The summed E-state index contributed by atoms with van der Waals surface area (Å²) in [4.78, 5) is 12.0. The predicted molar refractivity (Wildman–Crippen MR) is 102 cm³/mol. The van der Waals surface area contributed by atoms with Gasteiger partial charge in [-0.1, -0.05) is 63.3 Å². The zero-order valence-electron chi connectivity index (χ0n) is 15.0. The highest BCUT2D eigenvalue weighted by Gasteiger charge is 2.27. The molecule has 0 saturated heterocycles. The largest absolute Gasteiger partial charge is 0.356 e. The van der Waals surface area contributed by atoms with Crippen molar-refractivity contribution in [2.75, 3.05) is 6.54 Å². The Labute approximate surface area is 152 Å². The van der Waals surface area contributed by atoms with Crippen LogP contribution in [0, 0.1) is 5.92 Å². The minimum absolute atomic E-state index is 0.0568. The predicted octanol–water partition coefficient (Wildman–Crippen LogP) is 5.79. The van der Waals surface area contributed by atoms with Crippen molar-refractivity contribution in [1.82, 2.24) is 5.32 Å². The van der Waals surface area contributed by atoms with Crippen molar-refractivity contribution in [1.29, 1.82) is 0 Å². The van der Waals surface area contributed by atoms with E-state index in [1.165, 1.54) is 43.2 Å². The normalized spacial score (nSPS) is 19.8. The van der Waals surface area contributed by atoms with Crippen LogP contribution in [0.3, 0.4) is 0 Å². The Hall–Kier alpha value is -1.02. The fourth-order valence-corrected chi connectivity index (χ4v) is 4.07. The van der Waals surface area contributed by atoms with Crippen LogP contribution in [-0.2, 0) is 11.2 Å². The van der Waals surface area contributed by atoms with Gasteiger partial charge in [0.05, 0.1) is 5.38 Å². The molecule has 0 heterocycles. The zero-order chi connectivity index (χ0) is 17.2. The molecule has 0 spiro atoms. The maximum absolute atomic E-state index is 12.0. The van der Waals surface area contributed by atoms with Gasteiger partial charge in [-0.05, 0) is 42.7 Å². The molecule has 2 atom stereocenters. The van der Waals surface area contributed by atoms with E-state index in [0.717, 1.165) is 32.2 Å². The first-order valence-electron chi connectivity index (χ1n) is 9.71. The molecule has 0 aliphatic heterocycles. The van der Waals surface area contributed by atoms with Crippen LogP contribution in [0.4, 0.5) is 0 Å². The topological polar surface area (TPSA) is 29.1 Å². The molecule has 0 radical (unpaired) electrons. The van der Waals surface area contributed by atoms with Gasteiger partial charge in [0.15, 0.2) is 0 Å². The summed E-state index contributed by atoms with van der Waals surface area (Å²) in [6, 6.07) is 8.45. The van der Waals surface area contributed by atoms with Crippen LogP contribution in [-0.4, -0.2) is 12.5 Å². The number of halogens is 1. The van der Waals surface area contributed by atoms with Crippen LogP contribution in [0.25, 0.3) is 0 Å². The second-order valence-electron chi connectivity index (χ2n) is 7.06. The molecule has 2 unspecified atom stereocenters. The highest BCUT2D eigenvalue weighted by molar-refractivity contribution is 6.21. The number of rotatable bonds is 10. The van der Waals surface area contributed by atoms with Crippen molar-refractivity contribution in [3.63, 3.8) is 0 Å². The number of fused-ring (bicyclic) bond motifs is 1. The summed E-state index contributed by atoms with van der Waals surface area (Å²) in [6.45, 7) is 3.05. The summed E-state index contributed by atoms with van der Waals surface area (Å²) in [5, 5.41) is 3.12. The average molecular weight is 350 g/mol. The molecular formula is C21H32ClNO. The van der Waals surface area contributed by atoms with Crippen molar-refractivity contribution in [3.8, 4) is 0 Å². The molecule has 0 saturated carbocycles. The van der Waals surface area contributed by atoms with Crippen molar-refractivity contribution >= 4 is 17.5 Å². The molecule has 1 amide bonds. The smallest absolute Gasteiger partial charge is 0.220 e. The highest BCUT2D eigenvalue weighted by atomic mass is 35.5. The third-order valence-electron chi connectivity index (χ3n) is 5.15. The fourth-order valence-electron chi connectivity index (χ4n) is 3.60. The molecule has 1 aromatic rings. The standard InChI is InChI=1S/C21H32ClNO/c1-2-3-4-5-6-9-16-23-20(24)15-14-18-13-12-17-10-7-8-11-19(17)21(18)22/h7-8,10-11,18,21H,2-6,9,12-16H2,1H3,(H,23,24). The molecule has 1 aliphatic rings. The molecule has 0 aromatic heterocycles. The number of hydrogen-bond acceptors (Lipinski definition) is 1. The molecule has 0 bridgehead atoms. The Kier molecular flexibility index (Phi) is 8.66. The Morgan fingerprint density at radius 1 is 1.17 bits per heavy atom. The monoisotopic (exact) mass is 349 g/mol. The third-order valence-corrected chi connectivity index (χ3v) is 5.74. The minimum atomic E-state index is 0.0568. The number of amides is 1. The first kappa shape index (κ1) is 19.3. The molecule has 134 valence electrons. The SMILES string of the molecule is CCCCCCCCNC(=O)CCC1CCc2ccccc2C1Cl. The van der Waals surface area contributed by atoms with Crippen molar-refractivity contribution in [3.05, 3.63) is 35.4 Å². The molecule has 24 heavy (non-hydrogen) atoms. The quantitative estimate of drug-likeness (QED) is 0.420. The maximum atomic E-state index is 12.0.